The van der Waals surface area contributed by atoms with E-state index in [9.17, 15) is 39.6 Å². The lowest BCUT2D eigenvalue weighted by Crippen LogP contribution is -2.49. The topological polar surface area (TPSA) is 75.7 Å². The molecular formula is C30H36F6N2O4S. The molecule has 238 valence electrons. The van der Waals surface area contributed by atoms with E-state index >= 15 is 0 Å². The maximum atomic E-state index is 13.5. The molecule has 6 nitrogen and oxygen atoms in total. The first-order valence-corrected chi connectivity index (χ1v) is 16.0. The van der Waals surface area contributed by atoms with Gasteiger partial charge in [-0.25, -0.2) is 13.1 Å². The summed E-state index contributed by atoms with van der Waals surface area (Å²) in [7, 11) is -3.34. The minimum atomic E-state index is -4.96. The maximum Gasteiger partial charge on any atom is 0.416 e. The molecule has 2 fully saturated rings. The van der Waals surface area contributed by atoms with E-state index in [4.69, 9.17) is 4.74 Å². The number of benzene rings is 2. The van der Waals surface area contributed by atoms with Crippen LogP contribution in [0, 0.1) is 5.92 Å². The molecule has 1 heterocycles. The van der Waals surface area contributed by atoms with Gasteiger partial charge in [-0.3, -0.25) is 4.79 Å². The molecule has 4 rings (SSSR count). The van der Waals surface area contributed by atoms with Crippen LogP contribution in [-0.2, 0) is 31.9 Å². The van der Waals surface area contributed by atoms with Gasteiger partial charge in [0, 0.05) is 31.0 Å². The molecule has 43 heavy (non-hydrogen) atoms. The molecule has 2 aromatic carbocycles. The molecule has 0 bridgehead atoms. The van der Waals surface area contributed by atoms with Gasteiger partial charge in [-0.2, -0.15) is 26.3 Å². The van der Waals surface area contributed by atoms with Crippen molar-refractivity contribution >= 4 is 15.9 Å². The van der Waals surface area contributed by atoms with Crippen LogP contribution in [-0.4, -0.2) is 50.2 Å². The second-order valence-corrected chi connectivity index (χ2v) is 13.4. The van der Waals surface area contributed by atoms with Crippen LogP contribution in [0.2, 0.25) is 0 Å². The number of nitrogens with one attached hydrogen (secondary N) is 1. The maximum absolute atomic E-state index is 13.5. The van der Waals surface area contributed by atoms with Crippen LogP contribution >= 0.6 is 0 Å². The number of carbonyl (C=O) groups is 1. The van der Waals surface area contributed by atoms with Gasteiger partial charge in [0.1, 0.15) is 0 Å². The number of alkyl halides is 6. The van der Waals surface area contributed by atoms with Gasteiger partial charge in [0.15, 0.2) is 0 Å². The Kier molecular flexibility index (Phi) is 10.2. The highest BCUT2D eigenvalue weighted by molar-refractivity contribution is 7.89. The summed E-state index contributed by atoms with van der Waals surface area (Å²) in [6, 6.07) is 10.4. The SMILES string of the molecule is CCS(=O)(=O)N[C@H]1CC[C@H](C(=O)N2CC[C@H](O[C@H](C)c3cc(C(F)(F)F)cc(C(F)(F)F)c3)[C@H](c3ccccc3)C2)CC1. The largest absolute Gasteiger partial charge is 0.416 e. The van der Waals surface area contributed by atoms with Crippen LogP contribution in [0.4, 0.5) is 26.3 Å². The second-order valence-electron chi connectivity index (χ2n) is 11.3. The van der Waals surface area contributed by atoms with Gasteiger partial charge in [-0.15, -0.1) is 0 Å². The molecule has 1 saturated carbocycles. The molecular weight excluding hydrogens is 598 g/mol. The van der Waals surface area contributed by atoms with Crippen LogP contribution in [0.5, 0.6) is 0 Å². The lowest BCUT2D eigenvalue weighted by Gasteiger charge is -2.41. The summed E-state index contributed by atoms with van der Waals surface area (Å²) in [6.45, 7) is 3.59. The standard InChI is InChI=1S/C30H36F6N2O4S/c1-3-43(40,41)37-25-11-9-21(10-12-25)28(39)38-14-13-27(26(18-38)20-7-5-4-6-8-20)42-19(2)22-15-23(29(31,32)33)17-24(16-22)30(34,35)36/h4-8,15-17,19,21,25-27,37H,3,9-14,18H2,1-2H3/t19-,21-,25-,26+,27+/m1/s1. The van der Waals surface area contributed by atoms with Crippen molar-refractivity contribution in [3.8, 4) is 0 Å². The van der Waals surface area contributed by atoms with E-state index in [1.807, 2.05) is 30.3 Å². The average Bonchev–Trinajstić information content (AvgIpc) is 2.96. The minimum absolute atomic E-state index is 0.0143. The number of rotatable bonds is 8. The highest BCUT2D eigenvalue weighted by Gasteiger charge is 2.40. The molecule has 0 spiro atoms. The monoisotopic (exact) mass is 634 g/mol. The number of hydrogen-bond donors (Lipinski definition) is 1. The number of hydrogen-bond acceptors (Lipinski definition) is 4. The van der Waals surface area contributed by atoms with Gasteiger partial charge in [0.2, 0.25) is 15.9 Å². The van der Waals surface area contributed by atoms with Crippen molar-refractivity contribution < 1.29 is 44.3 Å². The second kappa shape index (κ2) is 13.2. The number of piperidine rings is 1. The molecule has 1 saturated heterocycles. The normalized spacial score (nSPS) is 24.5. The van der Waals surface area contributed by atoms with Gasteiger partial charge in [0.05, 0.1) is 29.1 Å². The van der Waals surface area contributed by atoms with Crippen LogP contribution in [0.3, 0.4) is 0 Å². The van der Waals surface area contributed by atoms with E-state index in [0.29, 0.717) is 50.8 Å². The Balaban J connectivity index is 1.49. The summed E-state index contributed by atoms with van der Waals surface area (Å²) in [4.78, 5) is 15.3. The van der Waals surface area contributed by atoms with Crippen molar-refractivity contribution in [2.24, 2.45) is 5.92 Å². The zero-order valence-electron chi connectivity index (χ0n) is 23.9. The number of amides is 1. The number of carbonyl (C=O) groups excluding carboxylic acids is 1. The fourth-order valence-electron chi connectivity index (χ4n) is 5.92. The third kappa shape index (κ3) is 8.51. The lowest BCUT2D eigenvalue weighted by atomic mass is 9.83. The smallest absolute Gasteiger partial charge is 0.370 e. The summed E-state index contributed by atoms with van der Waals surface area (Å²) in [5.41, 5.74) is -2.19. The zero-order valence-corrected chi connectivity index (χ0v) is 24.7. The van der Waals surface area contributed by atoms with Gasteiger partial charge >= 0.3 is 12.4 Å². The van der Waals surface area contributed by atoms with Gasteiger partial charge < -0.3 is 9.64 Å². The molecule has 3 atom stereocenters. The highest BCUT2D eigenvalue weighted by atomic mass is 32.2. The Labute approximate surface area is 247 Å². The van der Waals surface area contributed by atoms with Gasteiger partial charge in [0.25, 0.3) is 0 Å². The van der Waals surface area contributed by atoms with Crippen LogP contribution in [0.15, 0.2) is 48.5 Å². The number of likely N-dealkylation sites (tertiary alicyclic amines) is 1. The molecule has 1 aliphatic carbocycles. The Morgan fingerprint density at radius 3 is 2.07 bits per heavy atom. The zero-order chi connectivity index (χ0) is 31.6. The molecule has 0 aromatic heterocycles. The molecule has 0 unspecified atom stereocenters. The molecule has 2 aromatic rings. The quantitative estimate of drug-likeness (QED) is 0.329. The predicted octanol–water partition coefficient (Wildman–Crippen LogP) is 6.68. The van der Waals surface area contributed by atoms with Crippen LogP contribution in [0.25, 0.3) is 0 Å². The third-order valence-corrected chi connectivity index (χ3v) is 9.80. The van der Waals surface area contributed by atoms with Crippen LogP contribution < -0.4 is 4.72 Å². The number of ether oxygens (including phenoxy) is 1. The minimum Gasteiger partial charge on any atom is -0.370 e. The van der Waals surface area contributed by atoms with Crippen molar-refractivity contribution in [1.29, 1.82) is 0 Å². The van der Waals surface area contributed by atoms with Crippen molar-refractivity contribution in [2.45, 2.75) is 82.5 Å². The molecule has 2 aliphatic rings. The van der Waals surface area contributed by atoms with Crippen LogP contribution in [0.1, 0.15) is 80.2 Å². The first kappa shape index (κ1) is 33.3. The summed E-state index contributed by atoms with van der Waals surface area (Å²) in [5.74, 6) is -0.681. The summed E-state index contributed by atoms with van der Waals surface area (Å²) in [5, 5.41) is 0. The van der Waals surface area contributed by atoms with E-state index in [2.05, 4.69) is 4.72 Å². The molecule has 1 N–H and O–H groups in total. The van der Waals surface area contributed by atoms with E-state index < -0.39 is 45.7 Å². The molecule has 1 aliphatic heterocycles. The van der Waals surface area contributed by atoms with Gasteiger partial charge in [-0.05, 0) is 75.3 Å². The molecule has 1 amide bonds. The first-order chi connectivity index (χ1) is 20.1. The van der Waals surface area contributed by atoms with E-state index in [0.717, 1.165) is 5.56 Å². The van der Waals surface area contributed by atoms with Gasteiger partial charge in [-0.1, -0.05) is 30.3 Å². The fourth-order valence-corrected chi connectivity index (χ4v) is 6.83. The van der Waals surface area contributed by atoms with Crippen molar-refractivity contribution in [2.75, 3.05) is 18.8 Å². The summed E-state index contributed by atoms with van der Waals surface area (Å²) >= 11 is 0. The first-order valence-electron chi connectivity index (χ1n) is 14.4. The van der Waals surface area contributed by atoms with E-state index in [-0.39, 0.29) is 47.7 Å². The number of halogens is 6. The van der Waals surface area contributed by atoms with Crippen molar-refractivity contribution in [3.63, 3.8) is 0 Å². The fraction of sp³-hybridized carbons (Fsp3) is 0.567. The summed E-state index contributed by atoms with van der Waals surface area (Å²) in [6.07, 6.45) is -9.06. The average molecular weight is 635 g/mol. The third-order valence-electron chi connectivity index (χ3n) is 8.35. The molecule has 13 heteroatoms. The Hall–Kier alpha value is -2.64. The number of sulfonamides is 1. The highest BCUT2D eigenvalue weighted by Crippen LogP contribution is 2.40. The summed E-state index contributed by atoms with van der Waals surface area (Å²) < 4.78 is 113. The Morgan fingerprint density at radius 2 is 1.53 bits per heavy atom. The Bertz CT molecular complexity index is 1330. The predicted molar refractivity (Wildman–Crippen MR) is 148 cm³/mol. The van der Waals surface area contributed by atoms with E-state index in [1.165, 1.54) is 6.92 Å². The lowest BCUT2D eigenvalue weighted by molar-refractivity contribution is -0.143. The van der Waals surface area contributed by atoms with Crippen molar-refractivity contribution in [1.82, 2.24) is 9.62 Å². The van der Waals surface area contributed by atoms with Crippen molar-refractivity contribution in [3.05, 3.63) is 70.8 Å². The Morgan fingerprint density at radius 1 is 0.953 bits per heavy atom. The van der Waals surface area contributed by atoms with E-state index in [1.54, 1.807) is 11.8 Å². The number of nitrogens with zero attached hydrogens (tertiary/aromatic N) is 1. The molecule has 0 radical (unpaired) electrons.